The number of carbonyl (C=O) groups excluding carboxylic acids is 2. The number of hydrogen-bond acceptors (Lipinski definition) is 8. The molecule has 0 aliphatic heterocycles. The van der Waals surface area contributed by atoms with Crippen LogP contribution in [0.4, 0.5) is 5.82 Å². The minimum Gasteiger partial charge on any atom is -0.464 e. The van der Waals surface area contributed by atoms with Crippen molar-refractivity contribution >= 4 is 23.6 Å². The summed E-state index contributed by atoms with van der Waals surface area (Å²) in [7, 11) is 3.35. The maximum absolute atomic E-state index is 13.1. The molecule has 10 nitrogen and oxygen atoms in total. The molecule has 4 fully saturated rings. The van der Waals surface area contributed by atoms with Crippen LogP contribution in [0.3, 0.4) is 0 Å². The van der Waals surface area contributed by atoms with Crippen molar-refractivity contribution in [3.63, 3.8) is 0 Å². The molecule has 4 atom stereocenters. The SMILES string of the molecule is C=C(NC(=CC(N)=Nc1cc(C)[nH]n1)C(=O)OC)N(C)C1CC12CC1(CCCC3(CC3C(=O)OC(C)(C)C)C2)CC1. The Morgan fingerprint density at radius 3 is 2.56 bits per heavy atom. The molecule has 4 saturated carbocycles. The fraction of sp³-hybridized carbons (Fsp3) is 0.677. The molecule has 5 rings (SSSR count). The van der Waals surface area contributed by atoms with E-state index in [2.05, 4.69) is 32.0 Å². The Kier molecular flexibility index (Phi) is 7.27. The van der Waals surface area contributed by atoms with Gasteiger partial charge in [-0.1, -0.05) is 13.0 Å². The second-order valence-corrected chi connectivity index (χ2v) is 14.1. The quantitative estimate of drug-likeness (QED) is 0.180. The van der Waals surface area contributed by atoms with E-state index in [1.54, 1.807) is 6.07 Å². The molecule has 224 valence electrons. The first-order valence-electron chi connectivity index (χ1n) is 14.8. The van der Waals surface area contributed by atoms with Crippen molar-refractivity contribution in [2.75, 3.05) is 14.2 Å². The molecule has 0 bridgehead atoms. The highest BCUT2D eigenvalue weighted by atomic mass is 16.6. The molecule has 1 aromatic rings. The average molecular weight is 567 g/mol. The lowest BCUT2D eigenvalue weighted by Crippen LogP contribution is -2.36. The predicted molar refractivity (Wildman–Crippen MR) is 157 cm³/mol. The summed E-state index contributed by atoms with van der Waals surface area (Å²) < 4.78 is 10.8. The van der Waals surface area contributed by atoms with Crippen molar-refractivity contribution in [1.82, 2.24) is 20.4 Å². The number of H-pyrrole nitrogens is 1. The second kappa shape index (κ2) is 10.2. The summed E-state index contributed by atoms with van der Waals surface area (Å²) >= 11 is 0. The molecule has 0 saturated heterocycles. The maximum atomic E-state index is 13.1. The van der Waals surface area contributed by atoms with E-state index < -0.39 is 11.6 Å². The van der Waals surface area contributed by atoms with Gasteiger partial charge in [0.1, 0.15) is 17.1 Å². The summed E-state index contributed by atoms with van der Waals surface area (Å²) in [4.78, 5) is 32.1. The molecular weight excluding hydrogens is 520 g/mol. The highest BCUT2D eigenvalue weighted by molar-refractivity contribution is 6.01. The van der Waals surface area contributed by atoms with E-state index in [1.807, 2.05) is 34.7 Å². The van der Waals surface area contributed by atoms with Gasteiger partial charge < -0.3 is 25.4 Å². The van der Waals surface area contributed by atoms with Crippen LogP contribution in [0.15, 0.2) is 35.2 Å². The number of nitrogens with zero attached hydrogens (tertiary/aromatic N) is 3. The van der Waals surface area contributed by atoms with Gasteiger partial charge in [-0.15, -0.1) is 0 Å². The third kappa shape index (κ3) is 6.31. The number of aliphatic imine (C=N–C) groups is 1. The van der Waals surface area contributed by atoms with E-state index in [1.165, 1.54) is 45.3 Å². The fourth-order valence-electron chi connectivity index (χ4n) is 7.35. The van der Waals surface area contributed by atoms with Crippen LogP contribution in [-0.4, -0.2) is 58.7 Å². The average Bonchev–Trinajstić information content (AvgIpc) is 3.82. The zero-order chi connectivity index (χ0) is 29.8. The Bertz CT molecular complexity index is 1290. The van der Waals surface area contributed by atoms with Crippen LogP contribution in [0.1, 0.15) is 84.3 Å². The smallest absolute Gasteiger partial charge is 0.354 e. The third-order valence-corrected chi connectivity index (χ3v) is 9.60. The van der Waals surface area contributed by atoms with Crippen LogP contribution in [-0.2, 0) is 19.1 Å². The Morgan fingerprint density at radius 2 is 1.95 bits per heavy atom. The second-order valence-electron chi connectivity index (χ2n) is 14.1. The highest BCUT2D eigenvalue weighted by Crippen LogP contribution is 2.74. The van der Waals surface area contributed by atoms with Crippen LogP contribution in [0.25, 0.3) is 0 Å². The van der Waals surface area contributed by atoms with Crippen molar-refractivity contribution < 1.29 is 19.1 Å². The van der Waals surface area contributed by atoms with E-state index in [4.69, 9.17) is 15.2 Å². The molecule has 41 heavy (non-hydrogen) atoms. The van der Waals surface area contributed by atoms with Crippen molar-refractivity contribution in [1.29, 1.82) is 0 Å². The van der Waals surface area contributed by atoms with Gasteiger partial charge >= 0.3 is 11.9 Å². The van der Waals surface area contributed by atoms with Crippen molar-refractivity contribution in [3.05, 3.63) is 35.9 Å². The van der Waals surface area contributed by atoms with Gasteiger partial charge in [0, 0.05) is 30.9 Å². The number of esters is 2. The number of nitrogens with one attached hydrogen (secondary N) is 2. The molecule has 4 aliphatic rings. The number of rotatable bonds is 8. The van der Waals surface area contributed by atoms with Crippen molar-refractivity contribution in [3.8, 4) is 0 Å². The molecular formula is C31H46N6O4. The number of amidine groups is 1. The number of ether oxygens (including phenoxy) is 2. The molecule has 4 aliphatic carbocycles. The van der Waals surface area contributed by atoms with Crippen LogP contribution in [0.2, 0.25) is 0 Å². The first kappa shape index (κ1) is 29.2. The van der Waals surface area contributed by atoms with Gasteiger partial charge in [0.2, 0.25) is 0 Å². The van der Waals surface area contributed by atoms with Gasteiger partial charge in [-0.2, -0.15) is 5.10 Å². The van der Waals surface area contributed by atoms with Gasteiger partial charge in [-0.3, -0.25) is 9.89 Å². The largest absolute Gasteiger partial charge is 0.464 e. The molecule has 4 N–H and O–H groups in total. The fourth-order valence-corrected chi connectivity index (χ4v) is 7.35. The molecule has 10 heteroatoms. The van der Waals surface area contributed by atoms with Crippen LogP contribution >= 0.6 is 0 Å². The summed E-state index contributed by atoms with van der Waals surface area (Å²) in [6, 6.07) is 2.03. The minimum absolute atomic E-state index is 0.00540. The molecule has 1 heterocycles. The maximum Gasteiger partial charge on any atom is 0.354 e. The van der Waals surface area contributed by atoms with Crippen LogP contribution in [0.5, 0.6) is 0 Å². The first-order chi connectivity index (χ1) is 19.2. The lowest BCUT2D eigenvalue weighted by atomic mass is 9.73. The Morgan fingerprint density at radius 1 is 1.22 bits per heavy atom. The zero-order valence-corrected chi connectivity index (χ0v) is 25.4. The molecule has 0 amide bonds. The number of aryl methyl sites for hydroxylation is 1. The number of hydrogen-bond donors (Lipinski definition) is 3. The van der Waals surface area contributed by atoms with Crippen LogP contribution < -0.4 is 11.1 Å². The zero-order valence-electron chi connectivity index (χ0n) is 25.4. The van der Waals surface area contributed by atoms with E-state index in [0.29, 0.717) is 17.1 Å². The normalized spacial score (nSPS) is 30.4. The van der Waals surface area contributed by atoms with E-state index in [0.717, 1.165) is 31.4 Å². The monoisotopic (exact) mass is 566 g/mol. The molecule has 0 radical (unpaired) electrons. The third-order valence-electron chi connectivity index (χ3n) is 9.60. The van der Waals surface area contributed by atoms with Gasteiger partial charge in [-0.05, 0) is 95.3 Å². The number of nitrogens with two attached hydrogens (primary N) is 1. The molecule has 1 aromatic heterocycles. The van der Waals surface area contributed by atoms with E-state index in [9.17, 15) is 9.59 Å². The number of methoxy groups -OCH3 is 1. The van der Waals surface area contributed by atoms with Gasteiger partial charge in [0.15, 0.2) is 5.82 Å². The Hall–Kier alpha value is -3.30. The van der Waals surface area contributed by atoms with E-state index in [-0.39, 0.29) is 40.3 Å². The van der Waals surface area contributed by atoms with Crippen molar-refractivity contribution in [2.24, 2.45) is 32.9 Å². The summed E-state index contributed by atoms with van der Waals surface area (Å²) in [5, 5.41) is 10.0. The lowest BCUT2D eigenvalue weighted by Gasteiger charge is -2.35. The Balaban J connectivity index is 1.30. The first-order valence-corrected chi connectivity index (χ1v) is 14.8. The molecule has 4 unspecified atom stereocenters. The minimum atomic E-state index is -0.568. The molecule has 3 spiro atoms. The highest BCUT2D eigenvalue weighted by Gasteiger charge is 2.70. The van der Waals surface area contributed by atoms with Gasteiger partial charge in [0.05, 0.1) is 18.8 Å². The number of carbonyl (C=O) groups is 2. The summed E-state index contributed by atoms with van der Waals surface area (Å²) in [6.07, 6.45) is 11.8. The standard InChI is InChI=1S/C31H46N6O4/c1-19-13-25(36-35-19)34-24(32)14-22(27(39)40-7)33-20(2)37(6)23-16-31(23)17-29(11-12-29)9-8-10-30(18-31)15-21(30)26(38)41-28(3,4)5/h13-14,21,23,33H,2,8-12,15-18H2,1,3-7H3,(H3,32,34,35,36). The summed E-state index contributed by atoms with van der Waals surface area (Å²) in [5.74, 6) is 0.515. The summed E-state index contributed by atoms with van der Waals surface area (Å²) in [5.41, 5.74) is 7.26. The van der Waals surface area contributed by atoms with Crippen molar-refractivity contribution in [2.45, 2.75) is 97.1 Å². The Labute approximate surface area is 243 Å². The van der Waals surface area contributed by atoms with Crippen LogP contribution in [0, 0.1) is 29.1 Å². The van der Waals surface area contributed by atoms with Gasteiger partial charge in [0.25, 0.3) is 0 Å². The predicted octanol–water partition coefficient (Wildman–Crippen LogP) is 4.61. The van der Waals surface area contributed by atoms with Gasteiger partial charge in [-0.25, -0.2) is 9.79 Å². The summed E-state index contributed by atoms with van der Waals surface area (Å²) in [6.45, 7) is 12.0. The topological polar surface area (TPSA) is 135 Å². The van der Waals surface area contributed by atoms with E-state index >= 15 is 0 Å². The number of aromatic nitrogens is 2. The number of aromatic amines is 1. The molecule has 0 aromatic carbocycles. The lowest BCUT2D eigenvalue weighted by molar-refractivity contribution is -0.157.